The van der Waals surface area contributed by atoms with E-state index in [9.17, 15) is 15.3 Å². The Morgan fingerprint density at radius 2 is 1.86 bits per heavy atom. The van der Waals surface area contributed by atoms with Crippen LogP contribution in [0.2, 0.25) is 0 Å². The largest absolute Gasteiger partial charge is 0.366 e. The van der Waals surface area contributed by atoms with Gasteiger partial charge in [0.25, 0.3) is 0 Å². The predicted molar refractivity (Wildman–Crippen MR) is 177 cm³/mol. The lowest BCUT2D eigenvalue weighted by atomic mass is 9.96. The molecule has 3 aliphatic rings. The molecule has 0 radical (unpaired) electrons. The van der Waals surface area contributed by atoms with Crippen LogP contribution in [0.1, 0.15) is 41.6 Å². The average Bonchev–Trinajstić information content (AvgIpc) is 3.04. The standard InChI is InChI=1S/C35H39N7OS/c1-4-32(43)42-20-19-41(22-26(42)11-15-36)34-28-14-18-40(31-10-6-9-25-8-5-7-24(2)33(25)31)23-30(28)38-35(29(34)21-37)44-27-12-16-39(3)17-13-27/h4-10,26-27H,1,11-14,16-20,22-23H2,2-3H3/t26-/m0/s1. The maximum absolute atomic E-state index is 12.6. The zero-order valence-electron chi connectivity index (χ0n) is 25.6. The quantitative estimate of drug-likeness (QED) is 0.351. The number of anilines is 2. The molecule has 2 saturated heterocycles. The Labute approximate surface area is 264 Å². The number of pyridine rings is 1. The van der Waals surface area contributed by atoms with Crippen molar-refractivity contribution >= 4 is 39.8 Å². The summed E-state index contributed by atoms with van der Waals surface area (Å²) in [5, 5.41) is 24.0. The zero-order valence-corrected chi connectivity index (χ0v) is 26.4. The molecule has 0 saturated carbocycles. The molecule has 2 fully saturated rings. The van der Waals surface area contributed by atoms with Crippen molar-refractivity contribution in [3.05, 3.63) is 71.4 Å². The lowest BCUT2D eigenvalue weighted by Crippen LogP contribution is -2.55. The van der Waals surface area contributed by atoms with E-state index in [4.69, 9.17) is 4.98 Å². The first-order valence-corrected chi connectivity index (χ1v) is 16.4. The van der Waals surface area contributed by atoms with Gasteiger partial charge in [-0.15, -0.1) is 11.8 Å². The number of thioether (sulfide) groups is 1. The first-order valence-electron chi connectivity index (χ1n) is 15.5. The molecule has 0 aliphatic carbocycles. The number of piperazine rings is 1. The summed E-state index contributed by atoms with van der Waals surface area (Å²) >= 11 is 1.76. The van der Waals surface area contributed by atoms with Gasteiger partial charge < -0.3 is 19.6 Å². The van der Waals surface area contributed by atoms with Gasteiger partial charge in [-0.1, -0.05) is 36.9 Å². The summed E-state index contributed by atoms with van der Waals surface area (Å²) < 4.78 is 0. The molecule has 3 aliphatic heterocycles. The molecule has 0 N–H and O–H groups in total. The number of likely N-dealkylation sites (tertiary alicyclic amines) is 1. The van der Waals surface area contributed by atoms with Crippen LogP contribution in [0.3, 0.4) is 0 Å². The minimum atomic E-state index is -0.265. The van der Waals surface area contributed by atoms with Crippen molar-refractivity contribution < 1.29 is 4.79 Å². The molecule has 2 aromatic carbocycles. The first kappa shape index (κ1) is 30.0. The molecule has 1 amide bonds. The highest BCUT2D eigenvalue weighted by molar-refractivity contribution is 7.99. The van der Waals surface area contributed by atoms with Crippen molar-refractivity contribution in [1.29, 1.82) is 10.5 Å². The Hall–Kier alpha value is -4.05. The number of aromatic nitrogens is 1. The highest BCUT2D eigenvalue weighted by atomic mass is 32.2. The van der Waals surface area contributed by atoms with Gasteiger partial charge in [-0.25, -0.2) is 4.98 Å². The number of rotatable bonds is 6. The Morgan fingerprint density at radius 1 is 1.09 bits per heavy atom. The van der Waals surface area contributed by atoms with Gasteiger partial charge in [0.15, 0.2) is 0 Å². The maximum atomic E-state index is 12.6. The van der Waals surface area contributed by atoms with Crippen LogP contribution in [0.15, 0.2) is 54.1 Å². The van der Waals surface area contributed by atoms with Crippen LogP contribution in [0.5, 0.6) is 0 Å². The van der Waals surface area contributed by atoms with Gasteiger partial charge in [-0.3, -0.25) is 4.79 Å². The maximum Gasteiger partial charge on any atom is 0.246 e. The van der Waals surface area contributed by atoms with Gasteiger partial charge in [-0.2, -0.15) is 10.5 Å². The third kappa shape index (κ3) is 5.75. The third-order valence-corrected chi connectivity index (χ3v) is 10.7. The van der Waals surface area contributed by atoms with Crippen molar-refractivity contribution in [2.75, 3.05) is 56.1 Å². The number of carbonyl (C=O) groups excluding carboxylic acids is 1. The van der Waals surface area contributed by atoms with Crippen LogP contribution in [-0.2, 0) is 17.8 Å². The Morgan fingerprint density at radius 3 is 2.59 bits per heavy atom. The molecule has 44 heavy (non-hydrogen) atoms. The fraction of sp³-hybridized carbons (Fsp3) is 0.429. The van der Waals surface area contributed by atoms with Crippen LogP contribution in [0, 0.1) is 29.6 Å². The van der Waals surface area contributed by atoms with Crippen LogP contribution < -0.4 is 9.80 Å². The molecule has 0 unspecified atom stereocenters. The summed E-state index contributed by atoms with van der Waals surface area (Å²) in [7, 11) is 2.16. The molecule has 6 rings (SSSR count). The number of hydrogen-bond donors (Lipinski definition) is 0. The molecule has 226 valence electrons. The van der Waals surface area contributed by atoms with Crippen molar-refractivity contribution in [2.45, 2.75) is 55.5 Å². The highest BCUT2D eigenvalue weighted by Crippen LogP contribution is 2.42. The number of nitriles is 2. The molecule has 8 nitrogen and oxygen atoms in total. The molecular formula is C35H39N7OS. The van der Waals surface area contributed by atoms with E-state index in [0.717, 1.165) is 60.9 Å². The Bertz CT molecular complexity index is 1660. The first-order chi connectivity index (χ1) is 21.4. The Kier molecular flexibility index (Phi) is 8.79. The van der Waals surface area contributed by atoms with E-state index in [1.165, 1.54) is 28.1 Å². The number of carbonyl (C=O) groups is 1. The third-order valence-electron chi connectivity index (χ3n) is 9.36. The topological polar surface area (TPSA) is 90.5 Å². The number of hydrogen-bond acceptors (Lipinski definition) is 8. The van der Waals surface area contributed by atoms with E-state index in [1.807, 2.05) is 0 Å². The van der Waals surface area contributed by atoms with Crippen molar-refractivity contribution in [3.8, 4) is 12.1 Å². The predicted octanol–water partition coefficient (Wildman–Crippen LogP) is 5.28. The number of amides is 1. The van der Waals surface area contributed by atoms with Gasteiger partial charge in [0.2, 0.25) is 5.91 Å². The van der Waals surface area contributed by atoms with Crippen LogP contribution in [0.25, 0.3) is 10.8 Å². The summed E-state index contributed by atoms with van der Waals surface area (Å²) in [5.74, 6) is -0.151. The molecule has 4 heterocycles. The number of benzene rings is 2. The monoisotopic (exact) mass is 605 g/mol. The van der Waals surface area contributed by atoms with Crippen molar-refractivity contribution in [1.82, 2.24) is 14.8 Å². The lowest BCUT2D eigenvalue weighted by Gasteiger charge is -2.43. The molecule has 0 spiro atoms. The minimum Gasteiger partial charge on any atom is -0.366 e. The van der Waals surface area contributed by atoms with Crippen LogP contribution in [-0.4, -0.2) is 78.3 Å². The molecule has 0 bridgehead atoms. The summed E-state index contributed by atoms with van der Waals surface area (Å²) in [5.41, 5.74) is 6.21. The van der Waals surface area contributed by atoms with E-state index >= 15 is 0 Å². The smallest absolute Gasteiger partial charge is 0.246 e. The normalized spacial score (nSPS) is 19.4. The molecule has 1 atom stereocenters. The second-order valence-corrected chi connectivity index (χ2v) is 13.4. The van der Waals surface area contributed by atoms with Gasteiger partial charge >= 0.3 is 0 Å². The average molecular weight is 606 g/mol. The van der Waals surface area contributed by atoms with Gasteiger partial charge in [-0.05, 0) is 69.4 Å². The van der Waals surface area contributed by atoms with Crippen molar-refractivity contribution in [2.24, 2.45) is 0 Å². The van der Waals surface area contributed by atoms with Gasteiger partial charge in [0.05, 0.1) is 36.5 Å². The van der Waals surface area contributed by atoms with E-state index in [-0.39, 0.29) is 18.4 Å². The highest BCUT2D eigenvalue weighted by Gasteiger charge is 2.35. The lowest BCUT2D eigenvalue weighted by molar-refractivity contribution is -0.128. The fourth-order valence-corrected chi connectivity index (χ4v) is 8.24. The summed E-state index contributed by atoms with van der Waals surface area (Å²) in [6, 6.07) is 17.5. The van der Waals surface area contributed by atoms with E-state index in [1.54, 1.807) is 16.7 Å². The number of aryl methyl sites for hydroxylation is 1. The van der Waals surface area contributed by atoms with E-state index < -0.39 is 0 Å². The van der Waals surface area contributed by atoms with Crippen LogP contribution >= 0.6 is 11.8 Å². The summed E-state index contributed by atoms with van der Waals surface area (Å²) in [4.78, 5) is 26.7. The number of piperidine rings is 1. The molecule has 1 aromatic heterocycles. The van der Waals surface area contributed by atoms with Gasteiger partial charge in [0.1, 0.15) is 16.7 Å². The van der Waals surface area contributed by atoms with E-state index in [2.05, 4.69) is 83.8 Å². The van der Waals surface area contributed by atoms with Crippen LogP contribution in [0.4, 0.5) is 11.4 Å². The summed E-state index contributed by atoms with van der Waals surface area (Å²) in [6.45, 7) is 11.0. The summed E-state index contributed by atoms with van der Waals surface area (Å²) in [6.07, 6.45) is 4.45. The van der Waals surface area contributed by atoms with Crippen molar-refractivity contribution in [3.63, 3.8) is 0 Å². The zero-order chi connectivity index (χ0) is 30.8. The van der Waals surface area contributed by atoms with Gasteiger partial charge in [0, 0.05) is 48.1 Å². The minimum absolute atomic E-state index is 0.151. The van der Waals surface area contributed by atoms with E-state index in [0.29, 0.717) is 37.0 Å². The fourth-order valence-electron chi connectivity index (χ4n) is 7.05. The number of fused-ring (bicyclic) bond motifs is 2. The molecule has 3 aromatic rings. The number of nitrogens with zero attached hydrogens (tertiary/aromatic N) is 7. The second-order valence-electron chi connectivity index (χ2n) is 12.1. The molecular weight excluding hydrogens is 567 g/mol. The SMILES string of the molecule is C=CC(=O)N1CCN(c2c(C#N)c(SC3CCN(C)CC3)nc3c2CCN(c2cccc4cccc(C)c24)C3)C[C@@H]1CC#N. The second kappa shape index (κ2) is 12.9. The molecule has 9 heteroatoms. The Balaban J connectivity index is 1.42.